The maximum absolute atomic E-state index is 14.2. The zero-order chi connectivity index (χ0) is 31.6. The van der Waals surface area contributed by atoms with Crippen molar-refractivity contribution >= 4 is 23.6 Å². The number of phenolic OH excluding ortho intramolecular Hbond substituents is 1. The fourth-order valence-electron chi connectivity index (χ4n) is 4.38. The Morgan fingerprint density at radius 1 is 0.953 bits per heavy atom. The van der Waals surface area contributed by atoms with Gasteiger partial charge in [0.15, 0.2) is 0 Å². The minimum absolute atomic E-state index is 0.0158. The van der Waals surface area contributed by atoms with Crippen LogP contribution in [-0.4, -0.2) is 53.2 Å². The summed E-state index contributed by atoms with van der Waals surface area (Å²) in [5.74, 6) is -0.548. The van der Waals surface area contributed by atoms with Gasteiger partial charge < -0.3 is 30.1 Å². The van der Waals surface area contributed by atoms with Crippen molar-refractivity contribution in [2.45, 2.75) is 58.2 Å². The van der Waals surface area contributed by atoms with Crippen LogP contribution >= 0.6 is 0 Å². The molecule has 0 spiro atoms. The van der Waals surface area contributed by atoms with Gasteiger partial charge in [0.1, 0.15) is 35.7 Å². The number of hydrogen-bond donors (Lipinski definition) is 3. The molecule has 0 radical (unpaired) electrons. The number of ether oxygens (including phenoxy) is 2. The zero-order valence-corrected chi connectivity index (χ0v) is 25.1. The lowest BCUT2D eigenvalue weighted by Crippen LogP contribution is -2.53. The largest absolute Gasteiger partial charge is 0.508 e. The van der Waals surface area contributed by atoms with Crippen molar-refractivity contribution in [3.05, 3.63) is 89.5 Å². The number of rotatable bonds is 11. The summed E-state index contributed by atoms with van der Waals surface area (Å²) in [6.07, 6.45) is -0.0340. The average Bonchev–Trinajstić information content (AvgIpc) is 2.97. The number of aromatic hydroxyl groups is 1. The normalized spacial score (nSPS) is 12.3. The van der Waals surface area contributed by atoms with Crippen molar-refractivity contribution in [3.8, 4) is 17.6 Å². The fraction of sp³-hybridized carbons (Fsp3) is 0.333. The number of phenols is 1. The lowest BCUT2D eigenvalue weighted by molar-refractivity contribution is -0.140. The summed E-state index contributed by atoms with van der Waals surface area (Å²) in [6, 6.07) is 19.8. The summed E-state index contributed by atoms with van der Waals surface area (Å²) in [5.41, 5.74) is 1.80. The Labute approximate surface area is 252 Å². The number of carbonyl (C=O) groups excluding carboxylic acids is 3. The van der Waals surface area contributed by atoms with Crippen LogP contribution in [0.4, 0.5) is 10.5 Å². The van der Waals surface area contributed by atoms with Crippen LogP contribution in [-0.2, 0) is 27.2 Å². The van der Waals surface area contributed by atoms with Gasteiger partial charge in [0.25, 0.3) is 5.91 Å². The van der Waals surface area contributed by atoms with E-state index in [1.54, 1.807) is 69.3 Å². The fourth-order valence-corrected chi connectivity index (χ4v) is 4.38. The van der Waals surface area contributed by atoms with Gasteiger partial charge in [-0.25, -0.2) is 4.79 Å². The Balaban J connectivity index is 2.04. The van der Waals surface area contributed by atoms with E-state index in [-0.39, 0.29) is 12.2 Å². The van der Waals surface area contributed by atoms with Gasteiger partial charge in [0.05, 0.1) is 13.2 Å². The predicted molar refractivity (Wildman–Crippen MR) is 162 cm³/mol. The molecule has 0 aromatic heterocycles. The van der Waals surface area contributed by atoms with Crippen LogP contribution in [0, 0.1) is 11.3 Å². The van der Waals surface area contributed by atoms with Crippen molar-refractivity contribution in [1.82, 2.24) is 10.2 Å². The van der Waals surface area contributed by atoms with E-state index in [1.807, 2.05) is 25.1 Å². The Hall–Kier alpha value is -5.04. The van der Waals surface area contributed by atoms with Crippen LogP contribution in [0.15, 0.2) is 72.8 Å². The molecule has 3 aromatic carbocycles. The summed E-state index contributed by atoms with van der Waals surface area (Å²) >= 11 is 0. The molecule has 0 aliphatic rings. The Morgan fingerprint density at radius 2 is 1.56 bits per heavy atom. The van der Waals surface area contributed by atoms with Crippen molar-refractivity contribution < 1.29 is 29.0 Å². The highest BCUT2D eigenvalue weighted by Crippen LogP contribution is 2.26. The van der Waals surface area contributed by atoms with Gasteiger partial charge in [-0.3, -0.25) is 9.59 Å². The number of aryl methyl sites for hydroxylation is 1. The number of nitrogens with zero attached hydrogens (tertiary/aromatic N) is 2. The maximum Gasteiger partial charge on any atom is 0.408 e. The first-order chi connectivity index (χ1) is 20.4. The summed E-state index contributed by atoms with van der Waals surface area (Å²) < 4.78 is 10.6. The van der Waals surface area contributed by atoms with Gasteiger partial charge in [-0.1, -0.05) is 43.3 Å². The van der Waals surface area contributed by atoms with Crippen molar-refractivity contribution in [2.75, 3.05) is 19.0 Å². The van der Waals surface area contributed by atoms with Crippen LogP contribution in [0.5, 0.6) is 11.5 Å². The number of hydrogen-bond acceptors (Lipinski definition) is 7. The van der Waals surface area contributed by atoms with E-state index >= 15 is 0 Å². The van der Waals surface area contributed by atoms with E-state index in [9.17, 15) is 24.8 Å². The van der Waals surface area contributed by atoms with Crippen LogP contribution in [0.25, 0.3) is 0 Å². The smallest absolute Gasteiger partial charge is 0.408 e. The first kappa shape index (κ1) is 32.5. The average molecular weight is 587 g/mol. The second kappa shape index (κ2) is 14.7. The molecule has 0 heterocycles. The number of nitrogens with one attached hydrogen (secondary N) is 2. The minimum atomic E-state index is -1.21. The first-order valence-electron chi connectivity index (χ1n) is 13.9. The molecular formula is C33H38N4O6. The standard InChI is InChI=1S/C33H38N4O6/c1-6-22-7-11-24(12-8-22)29(30(39)35-25-13-17-27(42-5)18-14-25)37(20-19-34)31(40)28(36-32(41)43-33(2,3)4)21-23-9-15-26(38)16-10-23/h7-18,28-29,38H,6,20-21H2,1-5H3,(H,35,39)(H,36,41). The SMILES string of the molecule is CCc1ccc(C(C(=O)Nc2ccc(OC)cc2)N(CC#N)C(=O)C(Cc2ccc(O)cc2)NC(=O)OC(C)(C)C)cc1. The molecule has 0 aliphatic carbocycles. The molecule has 0 aliphatic heterocycles. The quantitative estimate of drug-likeness (QED) is 0.265. The summed E-state index contributed by atoms with van der Waals surface area (Å²) in [5, 5.41) is 25.0. The van der Waals surface area contributed by atoms with Gasteiger partial charge >= 0.3 is 6.09 Å². The van der Waals surface area contributed by atoms with Gasteiger partial charge in [0, 0.05) is 12.1 Å². The third-order valence-electron chi connectivity index (χ3n) is 6.51. The third kappa shape index (κ3) is 9.50. The molecule has 2 unspecified atom stereocenters. The molecule has 10 heteroatoms. The Kier molecular flexibility index (Phi) is 11.1. The topological polar surface area (TPSA) is 141 Å². The second-order valence-corrected chi connectivity index (χ2v) is 10.9. The van der Waals surface area contributed by atoms with Gasteiger partial charge in [-0.05, 0) is 80.3 Å². The number of carbonyl (C=O) groups is 3. The van der Waals surface area contributed by atoms with Crippen LogP contribution in [0.1, 0.15) is 50.4 Å². The Morgan fingerprint density at radius 3 is 2.09 bits per heavy atom. The molecule has 2 atom stereocenters. The molecule has 3 N–H and O–H groups in total. The molecule has 10 nitrogen and oxygen atoms in total. The number of amides is 3. The van der Waals surface area contributed by atoms with Crippen molar-refractivity contribution in [3.63, 3.8) is 0 Å². The number of methoxy groups -OCH3 is 1. The molecular weight excluding hydrogens is 548 g/mol. The molecule has 0 bridgehead atoms. The van der Waals surface area contributed by atoms with E-state index in [4.69, 9.17) is 9.47 Å². The van der Waals surface area contributed by atoms with E-state index in [2.05, 4.69) is 10.6 Å². The van der Waals surface area contributed by atoms with E-state index in [1.165, 1.54) is 19.2 Å². The lowest BCUT2D eigenvalue weighted by atomic mass is 9.99. The van der Waals surface area contributed by atoms with Gasteiger partial charge in [-0.15, -0.1) is 0 Å². The highest BCUT2D eigenvalue weighted by molar-refractivity contribution is 5.99. The zero-order valence-electron chi connectivity index (χ0n) is 25.1. The van der Waals surface area contributed by atoms with E-state index in [0.29, 0.717) is 22.6 Å². The van der Waals surface area contributed by atoms with E-state index < -0.39 is 42.1 Å². The second-order valence-electron chi connectivity index (χ2n) is 10.9. The van der Waals surface area contributed by atoms with Crippen LogP contribution in [0.3, 0.4) is 0 Å². The minimum Gasteiger partial charge on any atom is -0.508 e. The Bertz CT molecular complexity index is 1420. The van der Waals surface area contributed by atoms with Crippen molar-refractivity contribution in [2.24, 2.45) is 0 Å². The molecule has 3 aromatic rings. The highest BCUT2D eigenvalue weighted by Gasteiger charge is 2.36. The van der Waals surface area contributed by atoms with Crippen molar-refractivity contribution in [1.29, 1.82) is 5.26 Å². The molecule has 0 saturated carbocycles. The molecule has 0 saturated heterocycles. The molecule has 3 rings (SSSR count). The van der Waals surface area contributed by atoms with Gasteiger partial charge in [0.2, 0.25) is 5.91 Å². The first-order valence-corrected chi connectivity index (χ1v) is 13.9. The van der Waals surface area contributed by atoms with Crippen LogP contribution < -0.4 is 15.4 Å². The summed E-state index contributed by atoms with van der Waals surface area (Å²) in [6.45, 7) is 6.67. The van der Waals surface area contributed by atoms with Crippen LogP contribution in [0.2, 0.25) is 0 Å². The summed E-state index contributed by atoms with van der Waals surface area (Å²) in [7, 11) is 1.54. The number of alkyl carbamates (subject to hydrolysis) is 1. The summed E-state index contributed by atoms with van der Waals surface area (Å²) in [4.78, 5) is 42.1. The maximum atomic E-state index is 14.2. The number of anilines is 1. The number of benzene rings is 3. The number of nitriles is 1. The third-order valence-corrected chi connectivity index (χ3v) is 6.51. The highest BCUT2D eigenvalue weighted by atomic mass is 16.6. The van der Waals surface area contributed by atoms with Gasteiger partial charge in [-0.2, -0.15) is 5.26 Å². The molecule has 43 heavy (non-hydrogen) atoms. The van der Waals surface area contributed by atoms with E-state index in [0.717, 1.165) is 16.9 Å². The molecule has 226 valence electrons. The lowest BCUT2D eigenvalue weighted by Gasteiger charge is -2.33. The molecule has 0 fully saturated rings. The molecule has 3 amide bonds. The predicted octanol–water partition coefficient (Wildman–Crippen LogP) is 5.13. The monoisotopic (exact) mass is 586 g/mol.